The van der Waals surface area contributed by atoms with E-state index in [2.05, 4.69) is 26.6 Å². The molecule has 2 aromatic rings. The summed E-state index contributed by atoms with van der Waals surface area (Å²) in [5.74, 6) is -0.00570. The number of thioether (sulfide) groups is 1. The molecule has 28 heavy (non-hydrogen) atoms. The molecule has 8 heteroatoms. The van der Waals surface area contributed by atoms with Crippen molar-refractivity contribution in [1.82, 2.24) is 5.32 Å². The van der Waals surface area contributed by atoms with Gasteiger partial charge in [0, 0.05) is 15.7 Å². The van der Waals surface area contributed by atoms with Crippen LogP contribution in [0.25, 0.3) is 6.08 Å². The van der Waals surface area contributed by atoms with E-state index in [1.54, 1.807) is 12.1 Å². The summed E-state index contributed by atoms with van der Waals surface area (Å²) in [6.07, 6.45) is 1.70. The Kier molecular flexibility index (Phi) is 6.53. The Morgan fingerprint density at radius 3 is 2.75 bits per heavy atom. The molecule has 3 rings (SSSR count). The highest BCUT2D eigenvalue weighted by molar-refractivity contribution is 9.10. The first-order valence-electron chi connectivity index (χ1n) is 8.36. The monoisotopic (exact) mass is 476 g/mol. The zero-order valence-electron chi connectivity index (χ0n) is 15.2. The molecule has 0 radical (unpaired) electrons. The molecule has 1 fully saturated rings. The quantitative estimate of drug-likeness (QED) is 0.488. The molecule has 0 saturated carbocycles. The molecule has 0 atom stereocenters. The fourth-order valence-electron chi connectivity index (χ4n) is 2.61. The Labute approximate surface area is 181 Å². The molecule has 0 bridgehead atoms. The molecule has 1 heterocycles. The summed E-state index contributed by atoms with van der Waals surface area (Å²) in [6, 6.07) is 11.2. The van der Waals surface area contributed by atoms with E-state index in [9.17, 15) is 9.59 Å². The van der Waals surface area contributed by atoms with E-state index in [4.69, 9.17) is 17.0 Å². The van der Waals surface area contributed by atoms with Gasteiger partial charge in [0.05, 0.1) is 4.91 Å². The molecule has 2 N–H and O–H groups in total. The molecule has 2 amide bonds. The Hall–Kier alpha value is -2.16. The van der Waals surface area contributed by atoms with Gasteiger partial charge in [0.25, 0.3) is 11.8 Å². The maximum absolute atomic E-state index is 12.3. The zero-order chi connectivity index (χ0) is 20.3. The van der Waals surface area contributed by atoms with E-state index in [0.717, 1.165) is 21.3 Å². The number of aryl methyl sites for hydroxylation is 2. The first-order chi connectivity index (χ1) is 13.3. The van der Waals surface area contributed by atoms with Gasteiger partial charge in [-0.15, -0.1) is 0 Å². The second-order valence-corrected chi connectivity index (χ2v) is 8.82. The van der Waals surface area contributed by atoms with Gasteiger partial charge in [-0.2, -0.15) is 0 Å². The van der Waals surface area contributed by atoms with Crippen LogP contribution in [0.3, 0.4) is 0 Å². The van der Waals surface area contributed by atoms with Crippen molar-refractivity contribution in [3.05, 3.63) is 62.5 Å². The third kappa shape index (κ3) is 5.21. The lowest BCUT2D eigenvalue weighted by Crippen LogP contribution is -2.21. The molecule has 0 unspecified atom stereocenters. The molecule has 5 nitrogen and oxygen atoms in total. The number of anilines is 1. The van der Waals surface area contributed by atoms with Crippen LogP contribution in [0.2, 0.25) is 0 Å². The number of amides is 2. The summed E-state index contributed by atoms with van der Waals surface area (Å²) in [5, 5.41) is 5.43. The Morgan fingerprint density at radius 1 is 1.29 bits per heavy atom. The number of benzene rings is 2. The summed E-state index contributed by atoms with van der Waals surface area (Å²) in [7, 11) is 0. The van der Waals surface area contributed by atoms with Crippen molar-refractivity contribution in [2.45, 2.75) is 13.8 Å². The average molecular weight is 477 g/mol. The van der Waals surface area contributed by atoms with E-state index >= 15 is 0 Å². The van der Waals surface area contributed by atoms with Gasteiger partial charge in [-0.25, -0.2) is 0 Å². The Bertz CT molecular complexity index is 1000. The largest absolute Gasteiger partial charge is 0.483 e. The van der Waals surface area contributed by atoms with Gasteiger partial charge < -0.3 is 15.4 Å². The second kappa shape index (κ2) is 8.89. The van der Waals surface area contributed by atoms with E-state index in [0.29, 0.717) is 20.5 Å². The minimum atomic E-state index is -0.261. The number of rotatable bonds is 5. The predicted octanol–water partition coefficient (Wildman–Crippen LogP) is 4.57. The SMILES string of the molecule is Cc1ccc(NC(=O)COc2ccc(Br)cc2/C=C2\SC(=S)NC2=O)c(C)c1. The number of hydrogen-bond acceptors (Lipinski definition) is 5. The topological polar surface area (TPSA) is 67.4 Å². The molecule has 2 aromatic carbocycles. The third-order valence-electron chi connectivity index (χ3n) is 3.92. The fraction of sp³-hybridized carbons (Fsp3) is 0.150. The number of nitrogens with one attached hydrogen (secondary N) is 2. The lowest BCUT2D eigenvalue weighted by molar-refractivity contribution is -0.118. The van der Waals surface area contributed by atoms with Gasteiger partial charge in [-0.3, -0.25) is 9.59 Å². The summed E-state index contributed by atoms with van der Waals surface area (Å²) in [6.45, 7) is 3.79. The molecule has 144 valence electrons. The summed E-state index contributed by atoms with van der Waals surface area (Å²) in [4.78, 5) is 24.7. The Balaban J connectivity index is 1.72. The van der Waals surface area contributed by atoms with E-state index in [1.165, 1.54) is 11.8 Å². The van der Waals surface area contributed by atoms with Crippen LogP contribution >= 0.6 is 39.9 Å². The van der Waals surface area contributed by atoms with Crippen molar-refractivity contribution in [3.63, 3.8) is 0 Å². The normalized spacial score (nSPS) is 14.9. The number of halogens is 1. The Morgan fingerprint density at radius 2 is 2.07 bits per heavy atom. The van der Waals surface area contributed by atoms with Crippen molar-refractivity contribution in [2.24, 2.45) is 0 Å². The molecule has 1 aliphatic heterocycles. The van der Waals surface area contributed by atoms with Crippen LogP contribution in [0.15, 0.2) is 45.8 Å². The maximum atomic E-state index is 12.3. The van der Waals surface area contributed by atoms with Crippen molar-refractivity contribution >= 4 is 67.8 Å². The van der Waals surface area contributed by atoms with Gasteiger partial charge in [0.15, 0.2) is 6.61 Å². The van der Waals surface area contributed by atoms with E-state index < -0.39 is 0 Å². The van der Waals surface area contributed by atoms with Gasteiger partial charge in [0.2, 0.25) is 0 Å². The molecule has 1 aliphatic rings. The number of thiocarbonyl (C=S) groups is 1. The lowest BCUT2D eigenvalue weighted by atomic mass is 10.1. The summed E-state index contributed by atoms with van der Waals surface area (Å²) >= 11 is 9.62. The minimum absolute atomic E-state index is 0.150. The summed E-state index contributed by atoms with van der Waals surface area (Å²) in [5.41, 5.74) is 3.55. The second-order valence-electron chi connectivity index (χ2n) is 6.19. The van der Waals surface area contributed by atoms with Gasteiger partial charge >= 0.3 is 0 Å². The van der Waals surface area contributed by atoms with Crippen molar-refractivity contribution in [2.75, 3.05) is 11.9 Å². The lowest BCUT2D eigenvalue weighted by Gasteiger charge is -2.12. The number of hydrogen-bond donors (Lipinski definition) is 2. The highest BCUT2D eigenvalue weighted by atomic mass is 79.9. The van der Waals surface area contributed by atoms with Crippen LogP contribution in [0.5, 0.6) is 5.75 Å². The average Bonchev–Trinajstić information content (AvgIpc) is 2.94. The predicted molar refractivity (Wildman–Crippen MR) is 120 cm³/mol. The first kappa shape index (κ1) is 20.6. The van der Waals surface area contributed by atoms with Crippen molar-refractivity contribution < 1.29 is 14.3 Å². The number of carbonyl (C=O) groups excluding carboxylic acids is 2. The van der Waals surface area contributed by atoms with Crippen LogP contribution in [0.4, 0.5) is 5.69 Å². The van der Waals surface area contributed by atoms with Gasteiger partial charge in [-0.05, 0) is 49.8 Å². The van der Waals surface area contributed by atoms with Crippen molar-refractivity contribution in [1.29, 1.82) is 0 Å². The van der Waals surface area contributed by atoms with E-state index in [1.807, 2.05) is 44.2 Å². The molecule has 1 saturated heterocycles. The number of ether oxygens (including phenoxy) is 1. The fourth-order valence-corrected chi connectivity index (χ4v) is 4.02. The molecule has 0 spiro atoms. The number of carbonyl (C=O) groups is 2. The molecule has 0 aromatic heterocycles. The van der Waals surface area contributed by atoms with Gasteiger partial charge in [0.1, 0.15) is 10.1 Å². The third-order valence-corrected chi connectivity index (χ3v) is 5.57. The van der Waals surface area contributed by atoms with E-state index in [-0.39, 0.29) is 18.4 Å². The highest BCUT2D eigenvalue weighted by Gasteiger charge is 2.22. The smallest absolute Gasteiger partial charge is 0.263 e. The van der Waals surface area contributed by atoms with Crippen LogP contribution in [0, 0.1) is 13.8 Å². The molecular formula is C20H17BrN2O3S2. The standard InChI is InChI=1S/C20H17BrN2O3S2/c1-11-3-5-15(12(2)7-11)22-18(24)10-26-16-6-4-14(21)8-13(16)9-17-19(25)23-20(27)28-17/h3-9H,10H2,1-2H3,(H,22,24)(H,23,25,27)/b17-9-. The molecular weight excluding hydrogens is 460 g/mol. The van der Waals surface area contributed by atoms with Crippen LogP contribution < -0.4 is 15.4 Å². The highest BCUT2D eigenvalue weighted by Crippen LogP contribution is 2.31. The minimum Gasteiger partial charge on any atom is -0.483 e. The van der Waals surface area contributed by atoms with Crippen LogP contribution in [-0.2, 0) is 9.59 Å². The molecule has 0 aliphatic carbocycles. The van der Waals surface area contributed by atoms with Crippen molar-refractivity contribution in [3.8, 4) is 5.75 Å². The van der Waals surface area contributed by atoms with Crippen LogP contribution in [-0.4, -0.2) is 22.7 Å². The first-order valence-corrected chi connectivity index (χ1v) is 10.4. The maximum Gasteiger partial charge on any atom is 0.263 e. The zero-order valence-corrected chi connectivity index (χ0v) is 18.4. The van der Waals surface area contributed by atoms with Crippen LogP contribution in [0.1, 0.15) is 16.7 Å². The van der Waals surface area contributed by atoms with Gasteiger partial charge in [-0.1, -0.05) is 57.6 Å². The summed E-state index contributed by atoms with van der Waals surface area (Å²) < 4.78 is 6.96.